The van der Waals surface area contributed by atoms with Crippen molar-refractivity contribution < 1.29 is 4.79 Å². The lowest BCUT2D eigenvalue weighted by molar-refractivity contribution is 0.0714. The Bertz CT molecular complexity index is 486. The Labute approximate surface area is 106 Å². The average molecular weight is 244 g/mol. The van der Waals surface area contributed by atoms with E-state index in [2.05, 4.69) is 10.0 Å². The lowest BCUT2D eigenvalue weighted by Crippen LogP contribution is -2.39. The predicted molar refractivity (Wildman–Crippen MR) is 69.3 cm³/mol. The second kappa shape index (κ2) is 5.56. The summed E-state index contributed by atoms with van der Waals surface area (Å²) >= 11 is 0. The Morgan fingerprint density at radius 2 is 2.17 bits per heavy atom. The van der Waals surface area contributed by atoms with E-state index in [9.17, 15) is 4.79 Å². The summed E-state index contributed by atoms with van der Waals surface area (Å²) in [5.41, 5.74) is 10.2. The smallest absolute Gasteiger partial charge is 0.253 e. The SMILES string of the molecule is Cc1cccc(C(=O)N2CCC(N=[N+]=[N-])CC2)c1. The van der Waals surface area contributed by atoms with Gasteiger partial charge in [0.05, 0.1) is 0 Å². The number of nitrogens with zero attached hydrogens (tertiary/aromatic N) is 4. The first-order valence-electron chi connectivity index (χ1n) is 6.11. The first kappa shape index (κ1) is 12.5. The van der Waals surface area contributed by atoms with Gasteiger partial charge < -0.3 is 4.90 Å². The molecule has 0 aromatic heterocycles. The molecule has 0 spiro atoms. The van der Waals surface area contributed by atoms with Gasteiger partial charge in [-0.15, -0.1) is 0 Å². The summed E-state index contributed by atoms with van der Waals surface area (Å²) in [5.74, 6) is 0.0677. The van der Waals surface area contributed by atoms with Crippen LogP contribution in [-0.2, 0) is 0 Å². The second-order valence-electron chi connectivity index (χ2n) is 4.60. The maximum Gasteiger partial charge on any atom is 0.253 e. The van der Waals surface area contributed by atoms with Gasteiger partial charge in [0.2, 0.25) is 0 Å². The minimum Gasteiger partial charge on any atom is -0.339 e. The molecule has 0 N–H and O–H groups in total. The van der Waals surface area contributed by atoms with Crippen molar-refractivity contribution in [3.8, 4) is 0 Å². The molecular weight excluding hydrogens is 228 g/mol. The number of aryl methyl sites for hydroxylation is 1. The number of benzene rings is 1. The monoisotopic (exact) mass is 244 g/mol. The van der Waals surface area contributed by atoms with Crippen LogP contribution in [0.15, 0.2) is 29.4 Å². The molecule has 1 amide bonds. The van der Waals surface area contributed by atoms with Crippen molar-refractivity contribution >= 4 is 5.91 Å². The van der Waals surface area contributed by atoms with Crippen LogP contribution in [0.4, 0.5) is 0 Å². The third-order valence-electron chi connectivity index (χ3n) is 3.23. The number of hydrogen-bond acceptors (Lipinski definition) is 2. The molecule has 0 saturated carbocycles. The van der Waals surface area contributed by atoms with E-state index >= 15 is 0 Å². The highest BCUT2D eigenvalue weighted by Gasteiger charge is 2.22. The highest BCUT2D eigenvalue weighted by Crippen LogP contribution is 2.16. The van der Waals surface area contributed by atoms with Gasteiger partial charge in [-0.25, -0.2) is 0 Å². The summed E-state index contributed by atoms with van der Waals surface area (Å²) in [6.07, 6.45) is 1.50. The van der Waals surface area contributed by atoms with Crippen molar-refractivity contribution in [3.63, 3.8) is 0 Å². The molecule has 1 heterocycles. The highest BCUT2D eigenvalue weighted by molar-refractivity contribution is 5.94. The van der Waals surface area contributed by atoms with Crippen LogP contribution in [0.2, 0.25) is 0 Å². The molecule has 0 atom stereocenters. The zero-order chi connectivity index (χ0) is 13.0. The van der Waals surface area contributed by atoms with E-state index in [0.717, 1.165) is 24.0 Å². The molecule has 1 aromatic carbocycles. The van der Waals surface area contributed by atoms with Crippen LogP contribution >= 0.6 is 0 Å². The summed E-state index contributed by atoms with van der Waals surface area (Å²) in [6.45, 7) is 3.30. The Morgan fingerprint density at radius 3 is 2.78 bits per heavy atom. The fourth-order valence-electron chi connectivity index (χ4n) is 2.22. The fraction of sp³-hybridized carbons (Fsp3) is 0.462. The number of amides is 1. The van der Waals surface area contributed by atoms with E-state index in [1.807, 2.05) is 36.1 Å². The van der Waals surface area contributed by atoms with Crippen molar-refractivity contribution in [2.45, 2.75) is 25.8 Å². The second-order valence-corrected chi connectivity index (χ2v) is 4.60. The van der Waals surface area contributed by atoms with E-state index in [1.54, 1.807) is 0 Å². The van der Waals surface area contributed by atoms with E-state index in [-0.39, 0.29) is 11.9 Å². The van der Waals surface area contributed by atoms with Gasteiger partial charge in [0.15, 0.2) is 0 Å². The average Bonchev–Trinajstić information content (AvgIpc) is 2.39. The minimum atomic E-state index is 0.0385. The van der Waals surface area contributed by atoms with Crippen LogP contribution in [0, 0.1) is 6.92 Å². The number of likely N-dealkylation sites (tertiary alicyclic amines) is 1. The summed E-state index contributed by atoms with van der Waals surface area (Å²) in [4.78, 5) is 16.9. The number of rotatable bonds is 2. The third kappa shape index (κ3) is 2.81. The summed E-state index contributed by atoms with van der Waals surface area (Å²) in [5, 5.41) is 3.71. The van der Waals surface area contributed by atoms with E-state index < -0.39 is 0 Å². The Hall–Kier alpha value is -2.00. The third-order valence-corrected chi connectivity index (χ3v) is 3.23. The molecule has 0 bridgehead atoms. The Morgan fingerprint density at radius 1 is 1.44 bits per heavy atom. The zero-order valence-electron chi connectivity index (χ0n) is 10.4. The minimum absolute atomic E-state index is 0.0385. The summed E-state index contributed by atoms with van der Waals surface area (Å²) in [6, 6.07) is 7.66. The van der Waals surface area contributed by atoms with Gasteiger partial charge in [0.25, 0.3) is 5.91 Å². The van der Waals surface area contributed by atoms with Crippen LogP contribution in [0.3, 0.4) is 0 Å². The van der Waals surface area contributed by atoms with Crippen LogP contribution in [0.1, 0.15) is 28.8 Å². The van der Waals surface area contributed by atoms with Crippen LogP contribution < -0.4 is 0 Å². The zero-order valence-corrected chi connectivity index (χ0v) is 10.4. The van der Waals surface area contributed by atoms with Gasteiger partial charge in [0.1, 0.15) is 0 Å². The van der Waals surface area contributed by atoms with Gasteiger partial charge in [-0.3, -0.25) is 4.79 Å². The summed E-state index contributed by atoms with van der Waals surface area (Å²) < 4.78 is 0. The largest absolute Gasteiger partial charge is 0.339 e. The van der Waals surface area contributed by atoms with Gasteiger partial charge in [-0.1, -0.05) is 22.8 Å². The van der Waals surface area contributed by atoms with Crippen LogP contribution in [0.5, 0.6) is 0 Å². The number of carbonyl (C=O) groups is 1. The topological polar surface area (TPSA) is 69.1 Å². The molecular formula is C13H16N4O. The molecule has 1 aliphatic heterocycles. The number of piperidine rings is 1. The van der Waals surface area contributed by atoms with E-state index in [4.69, 9.17) is 5.53 Å². The first-order valence-corrected chi connectivity index (χ1v) is 6.11. The molecule has 18 heavy (non-hydrogen) atoms. The summed E-state index contributed by atoms with van der Waals surface area (Å²) in [7, 11) is 0. The molecule has 1 fully saturated rings. The Balaban J connectivity index is 2.01. The van der Waals surface area contributed by atoms with E-state index in [1.165, 1.54) is 0 Å². The van der Waals surface area contributed by atoms with Crippen molar-refractivity contribution in [2.75, 3.05) is 13.1 Å². The molecule has 1 saturated heterocycles. The number of azide groups is 1. The molecule has 5 heteroatoms. The van der Waals surface area contributed by atoms with Gasteiger partial charge in [0, 0.05) is 29.6 Å². The molecule has 2 rings (SSSR count). The van der Waals surface area contributed by atoms with Crippen LogP contribution in [0.25, 0.3) is 10.4 Å². The lowest BCUT2D eigenvalue weighted by Gasteiger charge is -2.30. The lowest BCUT2D eigenvalue weighted by atomic mass is 10.0. The van der Waals surface area contributed by atoms with Gasteiger partial charge in [-0.2, -0.15) is 0 Å². The van der Waals surface area contributed by atoms with Crippen LogP contribution in [-0.4, -0.2) is 29.9 Å². The predicted octanol–water partition coefficient (Wildman–Crippen LogP) is 2.91. The van der Waals surface area contributed by atoms with Gasteiger partial charge in [-0.05, 0) is 37.4 Å². The fourth-order valence-corrected chi connectivity index (χ4v) is 2.22. The standard InChI is InChI=1S/C13H16N4O/c1-10-3-2-4-11(9-10)13(18)17-7-5-12(6-8-17)15-16-14/h2-4,9,12H,5-8H2,1H3. The molecule has 94 valence electrons. The molecule has 0 unspecified atom stereocenters. The molecule has 0 radical (unpaired) electrons. The first-order chi connectivity index (χ1) is 8.70. The maximum absolute atomic E-state index is 12.2. The highest BCUT2D eigenvalue weighted by atomic mass is 16.2. The normalized spacial score (nSPS) is 16.2. The van der Waals surface area contributed by atoms with Gasteiger partial charge >= 0.3 is 0 Å². The van der Waals surface area contributed by atoms with Crippen molar-refractivity contribution in [2.24, 2.45) is 5.11 Å². The van der Waals surface area contributed by atoms with Crippen molar-refractivity contribution in [1.29, 1.82) is 0 Å². The molecule has 1 aromatic rings. The number of hydrogen-bond donors (Lipinski definition) is 0. The number of carbonyl (C=O) groups excluding carboxylic acids is 1. The van der Waals surface area contributed by atoms with Crippen molar-refractivity contribution in [3.05, 3.63) is 45.8 Å². The van der Waals surface area contributed by atoms with Crippen molar-refractivity contribution in [1.82, 2.24) is 4.90 Å². The quantitative estimate of drug-likeness (QED) is 0.448. The van der Waals surface area contributed by atoms with E-state index in [0.29, 0.717) is 13.1 Å². The maximum atomic E-state index is 12.2. The molecule has 0 aliphatic carbocycles. The molecule has 1 aliphatic rings. The molecule has 5 nitrogen and oxygen atoms in total. The Kier molecular flexibility index (Phi) is 3.85.